The first kappa shape index (κ1) is 31.1. The van der Waals surface area contributed by atoms with Gasteiger partial charge in [0, 0.05) is 6.54 Å². The van der Waals surface area contributed by atoms with Gasteiger partial charge in [-0.05, 0) is 44.6 Å². The van der Waals surface area contributed by atoms with Crippen molar-refractivity contribution in [3.63, 3.8) is 0 Å². The normalized spacial score (nSPS) is 14.4. The summed E-state index contributed by atoms with van der Waals surface area (Å²) in [6.45, 7) is 6.89. The highest BCUT2D eigenvalue weighted by Crippen LogP contribution is 2.21. The van der Waals surface area contributed by atoms with Gasteiger partial charge in [0.25, 0.3) is 0 Å². The molecule has 0 bridgehead atoms. The molecule has 0 fully saturated rings. The van der Waals surface area contributed by atoms with E-state index in [1.165, 1.54) is 32.1 Å². The van der Waals surface area contributed by atoms with Gasteiger partial charge in [0.15, 0.2) is 0 Å². The second-order valence-electron chi connectivity index (χ2n) is 8.96. The molecule has 0 aromatic rings. The van der Waals surface area contributed by atoms with Gasteiger partial charge in [0.1, 0.15) is 0 Å². The second-order valence-corrected chi connectivity index (χ2v) is 8.96. The van der Waals surface area contributed by atoms with Crippen LogP contribution in [0, 0.1) is 0 Å². The van der Waals surface area contributed by atoms with Crippen molar-refractivity contribution in [2.45, 2.75) is 116 Å². The summed E-state index contributed by atoms with van der Waals surface area (Å²) in [5, 5.41) is 13.8. The third-order valence-corrected chi connectivity index (χ3v) is 5.65. The molecular weight excluding hydrogens is 406 g/mol. The molecule has 1 amide bonds. The van der Waals surface area contributed by atoms with Gasteiger partial charge >= 0.3 is 0 Å². The van der Waals surface area contributed by atoms with Gasteiger partial charge in [-0.3, -0.25) is 4.79 Å². The number of amides is 1. The van der Waals surface area contributed by atoms with Crippen molar-refractivity contribution in [2.75, 3.05) is 6.54 Å². The summed E-state index contributed by atoms with van der Waals surface area (Å²) in [6, 6.07) is 0. The molecule has 188 valence electrons. The van der Waals surface area contributed by atoms with Crippen LogP contribution in [-0.2, 0) is 4.79 Å². The van der Waals surface area contributed by atoms with Crippen molar-refractivity contribution in [2.24, 2.45) is 0 Å². The van der Waals surface area contributed by atoms with Gasteiger partial charge in [-0.1, -0.05) is 127 Å². The molecule has 1 atom stereocenters. The van der Waals surface area contributed by atoms with Gasteiger partial charge in [0.05, 0.1) is 5.60 Å². The summed E-state index contributed by atoms with van der Waals surface area (Å²) in [5.74, 6) is -0.116. The van der Waals surface area contributed by atoms with E-state index >= 15 is 0 Å². The maximum absolute atomic E-state index is 12.1. The molecule has 3 heteroatoms. The Bertz CT molecular complexity index is 600. The number of aliphatic hydroxyl groups is 1. The largest absolute Gasteiger partial charge is 0.388 e. The van der Waals surface area contributed by atoms with Crippen LogP contribution in [0.4, 0.5) is 0 Å². The number of hydrogen-bond donors (Lipinski definition) is 2. The highest BCUT2D eigenvalue weighted by Gasteiger charge is 2.25. The van der Waals surface area contributed by atoms with E-state index in [4.69, 9.17) is 0 Å². The minimum absolute atomic E-state index is 0.116. The Morgan fingerprint density at radius 3 is 1.88 bits per heavy atom. The van der Waals surface area contributed by atoms with E-state index in [2.05, 4.69) is 50.4 Å². The predicted octanol–water partition coefficient (Wildman–Crippen LogP) is 8.14. The molecule has 3 nitrogen and oxygen atoms in total. The molecular formula is C30H51NO2. The molecule has 0 aromatic heterocycles. The fourth-order valence-corrected chi connectivity index (χ4v) is 3.50. The maximum Gasteiger partial charge on any atom is 0.243 e. The van der Waals surface area contributed by atoms with Crippen molar-refractivity contribution in [1.82, 2.24) is 5.32 Å². The monoisotopic (exact) mass is 457 g/mol. The van der Waals surface area contributed by atoms with Crippen LogP contribution < -0.4 is 5.32 Å². The molecule has 0 aromatic carbocycles. The predicted molar refractivity (Wildman–Crippen MR) is 145 cm³/mol. The van der Waals surface area contributed by atoms with Crippen LogP contribution >= 0.6 is 0 Å². The molecule has 0 heterocycles. The first-order chi connectivity index (χ1) is 16.1. The third-order valence-electron chi connectivity index (χ3n) is 5.65. The first-order valence-electron chi connectivity index (χ1n) is 13.4. The lowest BCUT2D eigenvalue weighted by molar-refractivity contribution is -0.118. The summed E-state index contributed by atoms with van der Waals surface area (Å²) in [4.78, 5) is 12.1. The molecule has 0 saturated carbocycles. The molecule has 0 saturated heterocycles. The second kappa shape index (κ2) is 23.3. The molecule has 0 aliphatic rings. The number of rotatable bonds is 21. The van der Waals surface area contributed by atoms with Gasteiger partial charge in [-0.15, -0.1) is 0 Å². The topological polar surface area (TPSA) is 49.3 Å². The number of nitrogens with one attached hydrogen (secondary N) is 1. The Balaban J connectivity index is 4.08. The quantitative estimate of drug-likeness (QED) is 0.104. The van der Waals surface area contributed by atoms with Crippen molar-refractivity contribution in [1.29, 1.82) is 0 Å². The zero-order valence-corrected chi connectivity index (χ0v) is 21.7. The molecule has 0 radical (unpaired) electrons. The maximum atomic E-state index is 12.1. The van der Waals surface area contributed by atoms with Gasteiger partial charge < -0.3 is 10.4 Å². The number of unbranched alkanes of at least 4 members (excludes halogenated alkanes) is 8. The Kier molecular flexibility index (Phi) is 22.0. The summed E-state index contributed by atoms with van der Waals surface area (Å²) < 4.78 is 0. The number of hydrogen-bond acceptors (Lipinski definition) is 2. The standard InChI is InChI=1S/C30H51NO2/c1-4-7-10-12-13-14-15-16-17-18-19-20-21-22-23-25-29(32)31-28-30(33,26-9-6-3)27-24-11-8-5-2/h13-20,23,25,33H,4-12,21-22,24,26-28H2,1-3H3,(H,31,32). The number of carbonyl (C=O) groups is 1. The zero-order chi connectivity index (χ0) is 24.5. The van der Waals surface area contributed by atoms with Crippen molar-refractivity contribution < 1.29 is 9.90 Å². The third kappa shape index (κ3) is 21.7. The molecule has 33 heavy (non-hydrogen) atoms. The minimum atomic E-state index is -0.776. The molecule has 0 rings (SSSR count). The van der Waals surface area contributed by atoms with Crippen LogP contribution in [0.1, 0.15) is 111 Å². The van der Waals surface area contributed by atoms with Crippen LogP contribution in [0.25, 0.3) is 0 Å². The lowest BCUT2D eigenvalue weighted by Gasteiger charge is -2.28. The van der Waals surface area contributed by atoms with Crippen LogP contribution in [-0.4, -0.2) is 23.2 Å². The van der Waals surface area contributed by atoms with E-state index in [0.29, 0.717) is 6.54 Å². The van der Waals surface area contributed by atoms with E-state index in [0.717, 1.165) is 57.8 Å². The number of carbonyl (C=O) groups excluding carboxylic acids is 1. The van der Waals surface area contributed by atoms with Gasteiger partial charge in [-0.25, -0.2) is 0 Å². The summed E-state index contributed by atoms with van der Waals surface area (Å²) in [5.41, 5.74) is -0.776. The van der Waals surface area contributed by atoms with Crippen LogP contribution in [0.3, 0.4) is 0 Å². The van der Waals surface area contributed by atoms with E-state index in [-0.39, 0.29) is 5.91 Å². The summed E-state index contributed by atoms with van der Waals surface area (Å²) in [6.07, 6.45) is 35.0. The Labute approximate surface area is 204 Å². The SMILES string of the molecule is CCCCCC=CC=CC=CC=CCCC=CC(=O)NCC(O)(CCCC)CCCCCC. The highest BCUT2D eigenvalue weighted by atomic mass is 16.3. The smallest absolute Gasteiger partial charge is 0.243 e. The Morgan fingerprint density at radius 2 is 1.21 bits per heavy atom. The Hall–Kier alpha value is -1.87. The minimum Gasteiger partial charge on any atom is -0.388 e. The van der Waals surface area contributed by atoms with E-state index < -0.39 is 5.60 Å². The van der Waals surface area contributed by atoms with Crippen LogP contribution in [0.15, 0.2) is 60.8 Å². The van der Waals surface area contributed by atoms with Crippen molar-refractivity contribution in [3.8, 4) is 0 Å². The van der Waals surface area contributed by atoms with Crippen molar-refractivity contribution in [3.05, 3.63) is 60.8 Å². The first-order valence-corrected chi connectivity index (χ1v) is 13.4. The molecule has 0 aliphatic carbocycles. The highest BCUT2D eigenvalue weighted by molar-refractivity contribution is 5.87. The lowest BCUT2D eigenvalue weighted by Crippen LogP contribution is -2.42. The lowest BCUT2D eigenvalue weighted by atomic mass is 9.90. The average Bonchev–Trinajstić information content (AvgIpc) is 2.82. The average molecular weight is 458 g/mol. The molecule has 0 spiro atoms. The molecule has 0 aliphatic heterocycles. The fraction of sp³-hybridized carbons (Fsp3) is 0.633. The van der Waals surface area contributed by atoms with Gasteiger partial charge in [-0.2, -0.15) is 0 Å². The molecule has 1 unspecified atom stereocenters. The van der Waals surface area contributed by atoms with Crippen LogP contribution in [0.5, 0.6) is 0 Å². The zero-order valence-electron chi connectivity index (χ0n) is 21.7. The Morgan fingerprint density at radius 1 is 0.667 bits per heavy atom. The van der Waals surface area contributed by atoms with E-state index in [1.807, 2.05) is 30.4 Å². The van der Waals surface area contributed by atoms with Crippen LogP contribution in [0.2, 0.25) is 0 Å². The number of allylic oxidation sites excluding steroid dienone is 9. The fourth-order valence-electron chi connectivity index (χ4n) is 3.50. The molecule has 2 N–H and O–H groups in total. The van der Waals surface area contributed by atoms with E-state index in [9.17, 15) is 9.90 Å². The van der Waals surface area contributed by atoms with E-state index in [1.54, 1.807) is 6.08 Å². The summed E-state index contributed by atoms with van der Waals surface area (Å²) >= 11 is 0. The van der Waals surface area contributed by atoms with Gasteiger partial charge in [0.2, 0.25) is 5.91 Å². The van der Waals surface area contributed by atoms with Crippen molar-refractivity contribution >= 4 is 5.91 Å². The summed E-state index contributed by atoms with van der Waals surface area (Å²) in [7, 11) is 0.